The van der Waals surface area contributed by atoms with Gasteiger partial charge in [-0.3, -0.25) is 4.79 Å². The largest absolute Gasteiger partial charge is 0.474 e. The van der Waals surface area contributed by atoms with Crippen molar-refractivity contribution in [2.45, 2.75) is 51.3 Å². The summed E-state index contributed by atoms with van der Waals surface area (Å²) in [6, 6.07) is 11.3. The van der Waals surface area contributed by atoms with Crippen LogP contribution >= 0.6 is 0 Å². The number of rotatable bonds is 6. The molecule has 1 atom stereocenters. The lowest BCUT2D eigenvalue weighted by Gasteiger charge is -2.17. The van der Waals surface area contributed by atoms with E-state index in [9.17, 15) is 4.79 Å². The maximum absolute atomic E-state index is 12.7. The Bertz CT molecular complexity index is 931. The first kappa shape index (κ1) is 17.5. The first-order valence-corrected chi connectivity index (χ1v) is 9.52. The maximum Gasteiger partial charge on any atom is 0.243 e. The highest BCUT2D eigenvalue weighted by molar-refractivity contribution is 5.83. The van der Waals surface area contributed by atoms with Gasteiger partial charge in [0.05, 0.1) is 17.4 Å². The molecule has 0 saturated heterocycles. The van der Waals surface area contributed by atoms with E-state index in [1.807, 2.05) is 47.9 Å². The first-order valence-electron chi connectivity index (χ1n) is 9.52. The molecule has 1 N–H and O–H groups in total. The fourth-order valence-electron chi connectivity index (χ4n) is 3.57. The van der Waals surface area contributed by atoms with Crippen molar-refractivity contribution in [2.24, 2.45) is 0 Å². The van der Waals surface area contributed by atoms with Gasteiger partial charge in [-0.2, -0.15) is 0 Å². The molecule has 140 valence electrons. The number of ether oxygens (including phenoxy) is 1. The molecule has 3 aromatic rings. The van der Waals surface area contributed by atoms with Gasteiger partial charge in [0.15, 0.2) is 0 Å². The van der Waals surface area contributed by atoms with E-state index in [4.69, 9.17) is 4.74 Å². The lowest BCUT2D eigenvalue weighted by Crippen LogP contribution is -2.30. The zero-order chi connectivity index (χ0) is 18.6. The van der Waals surface area contributed by atoms with Crippen LogP contribution in [0, 0.1) is 0 Å². The zero-order valence-electron chi connectivity index (χ0n) is 15.5. The third-order valence-corrected chi connectivity index (χ3v) is 5.16. The van der Waals surface area contributed by atoms with E-state index in [0.29, 0.717) is 12.4 Å². The Hall–Kier alpha value is -2.89. The van der Waals surface area contributed by atoms with Gasteiger partial charge in [-0.05, 0) is 50.8 Å². The number of carbonyl (C=O) groups is 1. The zero-order valence-corrected chi connectivity index (χ0v) is 15.5. The summed E-state index contributed by atoms with van der Waals surface area (Å²) in [7, 11) is 0. The van der Waals surface area contributed by atoms with Crippen molar-refractivity contribution in [1.82, 2.24) is 19.9 Å². The number of aromatic nitrogens is 3. The number of para-hydroxylation sites is 2. The number of imidazole rings is 1. The smallest absolute Gasteiger partial charge is 0.243 e. The number of pyridine rings is 1. The summed E-state index contributed by atoms with van der Waals surface area (Å²) in [5.41, 5.74) is 2.74. The average Bonchev–Trinajstić information content (AvgIpc) is 3.36. The SMILES string of the molecule is CC(C(=O)NCc1cccnc1OC1CCCC1)n1cnc2ccccc21. The molecule has 0 bridgehead atoms. The molecule has 2 heterocycles. The van der Waals surface area contributed by atoms with Crippen LogP contribution < -0.4 is 10.1 Å². The summed E-state index contributed by atoms with van der Waals surface area (Å²) < 4.78 is 7.94. The molecule has 0 aliphatic heterocycles. The van der Waals surface area contributed by atoms with Crippen molar-refractivity contribution in [3.05, 3.63) is 54.5 Å². The van der Waals surface area contributed by atoms with Crippen LogP contribution in [0.5, 0.6) is 5.88 Å². The molecule has 1 unspecified atom stereocenters. The summed E-state index contributed by atoms with van der Waals surface area (Å²) in [4.78, 5) is 21.4. The van der Waals surface area contributed by atoms with Crippen molar-refractivity contribution >= 4 is 16.9 Å². The number of amides is 1. The van der Waals surface area contributed by atoms with Crippen LogP contribution in [0.15, 0.2) is 48.9 Å². The number of hydrogen-bond donors (Lipinski definition) is 1. The number of hydrogen-bond acceptors (Lipinski definition) is 4. The minimum atomic E-state index is -0.353. The van der Waals surface area contributed by atoms with Gasteiger partial charge in [-0.1, -0.05) is 18.2 Å². The van der Waals surface area contributed by atoms with E-state index in [0.717, 1.165) is 29.4 Å². The molecule has 0 radical (unpaired) electrons. The quantitative estimate of drug-likeness (QED) is 0.725. The van der Waals surface area contributed by atoms with Gasteiger partial charge in [0.25, 0.3) is 0 Å². The second-order valence-corrected chi connectivity index (χ2v) is 7.03. The fourth-order valence-corrected chi connectivity index (χ4v) is 3.57. The number of nitrogens with zero attached hydrogens (tertiary/aromatic N) is 3. The summed E-state index contributed by atoms with van der Waals surface area (Å²) >= 11 is 0. The summed E-state index contributed by atoms with van der Waals surface area (Å²) in [6.07, 6.45) is 8.26. The molecule has 1 fully saturated rings. The predicted molar refractivity (Wildman–Crippen MR) is 103 cm³/mol. The molecule has 1 aliphatic rings. The Morgan fingerprint density at radius 3 is 2.89 bits per heavy atom. The standard InChI is InChI=1S/C21H24N4O2/c1-15(25-14-24-18-10-4-5-11-19(18)25)20(26)23-13-16-7-6-12-22-21(16)27-17-8-2-3-9-17/h4-7,10-12,14-15,17H,2-3,8-9,13H2,1H3,(H,23,26). The lowest BCUT2D eigenvalue weighted by atomic mass is 10.2. The van der Waals surface area contributed by atoms with Crippen LogP contribution in [0.2, 0.25) is 0 Å². The topological polar surface area (TPSA) is 69.0 Å². The van der Waals surface area contributed by atoms with Crippen LogP contribution in [-0.2, 0) is 11.3 Å². The minimum Gasteiger partial charge on any atom is -0.474 e. The van der Waals surface area contributed by atoms with E-state index in [-0.39, 0.29) is 18.1 Å². The summed E-state index contributed by atoms with van der Waals surface area (Å²) in [5.74, 6) is 0.569. The third-order valence-electron chi connectivity index (χ3n) is 5.16. The monoisotopic (exact) mass is 364 g/mol. The second kappa shape index (κ2) is 7.78. The molecular formula is C21H24N4O2. The van der Waals surface area contributed by atoms with Crippen LogP contribution in [0.1, 0.15) is 44.2 Å². The number of carbonyl (C=O) groups excluding carboxylic acids is 1. The molecule has 1 aromatic carbocycles. The van der Waals surface area contributed by atoms with Crippen molar-refractivity contribution < 1.29 is 9.53 Å². The minimum absolute atomic E-state index is 0.0613. The van der Waals surface area contributed by atoms with E-state index in [1.165, 1.54) is 12.8 Å². The Kier molecular flexibility index (Phi) is 5.05. The molecule has 1 amide bonds. The van der Waals surface area contributed by atoms with Crippen LogP contribution in [0.25, 0.3) is 11.0 Å². The predicted octanol–water partition coefficient (Wildman–Crippen LogP) is 3.63. The van der Waals surface area contributed by atoms with Gasteiger partial charge in [0.1, 0.15) is 12.1 Å². The van der Waals surface area contributed by atoms with Crippen LogP contribution in [0.4, 0.5) is 0 Å². The van der Waals surface area contributed by atoms with Crippen molar-refractivity contribution in [2.75, 3.05) is 0 Å². The van der Waals surface area contributed by atoms with Crippen LogP contribution in [0.3, 0.4) is 0 Å². The van der Waals surface area contributed by atoms with Gasteiger partial charge in [0.2, 0.25) is 11.8 Å². The normalized spacial score (nSPS) is 15.7. The molecule has 1 aliphatic carbocycles. The van der Waals surface area contributed by atoms with Crippen molar-refractivity contribution in [3.8, 4) is 5.88 Å². The Labute approximate surface area is 158 Å². The van der Waals surface area contributed by atoms with E-state index in [1.54, 1.807) is 12.5 Å². The Morgan fingerprint density at radius 1 is 1.22 bits per heavy atom. The van der Waals surface area contributed by atoms with E-state index >= 15 is 0 Å². The number of benzene rings is 1. The molecular weight excluding hydrogens is 340 g/mol. The molecule has 4 rings (SSSR count). The van der Waals surface area contributed by atoms with Gasteiger partial charge in [0, 0.05) is 18.3 Å². The highest BCUT2D eigenvalue weighted by Gasteiger charge is 2.20. The van der Waals surface area contributed by atoms with Gasteiger partial charge in [-0.25, -0.2) is 9.97 Å². The highest BCUT2D eigenvalue weighted by atomic mass is 16.5. The molecule has 0 spiro atoms. The second-order valence-electron chi connectivity index (χ2n) is 7.03. The molecule has 6 heteroatoms. The molecule has 27 heavy (non-hydrogen) atoms. The van der Waals surface area contributed by atoms with Gasteiger partial charge >= 0.3 is 0 Å². The Morgan fingerprint density at radius 2 is 2.04 bits per heavy atom. The van der Waals surface area contributed by atoms with E-state index < -0.39 is 0 Å². The number of fused-ring (bicyclic) bond motifs is 1. The van der Waals surface area contributed by atoms with Gasteiger partial charge in [-0.15, -0.1) is 0 Å². The van der Waals surface area contributed by atoms with Crippen molar-refractivity contribution in [3.63, 3.8) is 0 Å². The average molecular weight is 364 g/mol. The summed E-state index contributed by atoms with van der Waals surface area (Å²) in [6.45, 7) is 2.27. The maximum atomic E-state index is 12.7. The fraction of sp³-hybridized carbons (Fsp3) is 0.381. The van der Waals surface area contributed by atoms with Gasteiger partial charge < -0.3 is 14.6 Å². The number of nitrogens with one attached hydrogen (secondary N) is 1. The third kappa shape index (κ3) is 3.79. The van der Waals surface area contributed by atoms with Crippen molar-refractivity contribution in [1.29, 1.82) is 0 Å². The first-order chi connectivity index (χ1) is 13.2. The molecule has 1 saturated carbocycles. The van der Waals surface area contributed by atoms with E-state index in [2.05, 4.69) is 15.3 Å². The molecule has 6 nitrogen and oxygen atoms in total. The highest BCUT2D eigenvalue weighted by Crippen LogP contribution is 2.25. The molecule has 2 aromatic heterocycles. The summed E-state index contributed by atoms with van der Waals surface area (Å²) in [5, 5.41) is 3.01. The Balaban J connectivity index is 1.43. The van der Waals surface area contributed by atoms with Crippen LogP contribution in [-0.4, -0.2) is 26.5 Å². The lowest BCUT2D eigenvalue weighted by molar-refractivity contribution is -0.123.